The van der Waals surface area contributed by atoms with Gasteiger partial charge in [-0.1, -0.05) is 0 Å². The molecule has 0 aromatic carbocycles. The van der Waals surface area contributed by atoms with Crippen molar-refractivity contribution in [1.29, 1.82) is 0 Å². The van der Waals surface area contributed by atoms with E-state index in [-0.39, 0.29) is 0 Å². The van der Waals surface area contributed by atoms with E-state index in [0.717, 1.165) is 5.95 Å². The van der Waals surface area contributed by atoms with Crippen LogP contribution in [0.3, 0.4) is 0 Å². The lowest BCUT2D eigenvalue weighted by Gasteiger charge is -2.10. The van der Waals surface area contributed by atoms with Gasteiger partial charge < -0.3 is 15.2 Å². The van der Waals surface area contributed by atoms with Gasteiger partial charge in [-0.25, -0.2) is 4.98 Å². The lowest BCUT2D eigenvalue weighted by Crippen LogP contribution is -2.14. The molecule has 4 nitrogen and oxygen atoms in total. The standard InChI is InChI=1S/C6H12N4/c1-9(2)6-8-4-5(7)10(6)3/h4H,7H2,1-3H3. The Balaban J connectivity index is 3.05. The summed E-state index contributed by atoms with van der Waals surface area (Å²) in [6.07, 6.45) is 1.65. The Bertz CT molecular complexity index is 226. The molecule has 0 spiro atoms. The maximum absolute atomic E-state index is 5.55. The van der Waals surface area contributed by atoms with Gasteiger partial charge in [0, 0.05) is 21.1 Å². The predicted octanol–water partition coefficient (Wildman–Crippen LogP) is 0.0683. The minimum absolute atomic E-state index is 0.684. The van der Waals surface area contributed by atoms with Gasteiger partial charge in [0.25, 0.3) is 0 Å². The van der Waals surface area contributed by atoms with E-state index in [1.165, 1.54) is 0 Å². The molecule has 10 heavy (non-hydrogen) atoms. The van der Waals surface area contributed by atoms with Crippen molar-refractivity contribution < 1.29 is 0 Å². The molecular weight excluding hydrogens is 128 g/mol. The van der Waals surface area contributed by atoms with Gasteiger partial charge in [0.2, 0.25) is 5.95 Å². The van der Waals surface area contributed by atoms with Crippen LogP contribution in [0, 0.1) is 0 Å². The number of anilines is 2. The van der Waals surface area contributed by atoms with Gasteiger partial charge in [0.05, 0.1) is 6.20 Å². The predicted molar refractivity (Wildman–Crippen MR) is 41.9 cm³/mol. The van der Waals surface area contributed by atoms with Crippen molar-refractivity contribution >= 4 is 11.8 Å². The number of aromatic nitrogens is 2. The number of imidazole rings is 1. The average Bonchev–Trinajstić information content (AvgIpc) is 2.14. The van der Waals surface area contributed by atoms with Crippen LogP contribution in [0.1, 0.15) is 0 Å². The third-order valence-corrected chi connectivity index (χ3v) is 1.40. The highest BCUT2D eigenvalue weighted by molar-refractivity contribution is 5.40. The van der Waals surface area contributed by atoms with E-state index in [2.05, 4.69) is 4.98 Å². The minimum atomic E-state index is 0.684. The quantitative estimate of drug-likeness (QED) is 0.600. The number of nitrogen functional groups attached to an aromatic ring is 1. The molecule has 0 aliphatic rings. The molecule has 0 atom stereocenters. The summed E-state index contributed by atoms with van der Waals surface area (Å²) in [6, 6.07) is 0. The van der Waals surface area contributed by atoms with Crippen molar-refractivity contribution in [3.05, 3.63) is 6.20 Å². The van der Waals surface area contributed by atoms with E-state index >= 15 is 0 Å². The molecule has 0 aliphatic carbocycles. The molecule has 1 aromatic rings. The molecule has 0 saturated heterocycles. The molecule has 1 rings (SSSR count). The Morgan fingerprint density at radius 1 is 1.60 bits per heavy atom. The normalized spacial score (nSPS) is 9.90. The molecule has 1 heterocycles. The second-order valence-corrected chi connectivity index (χ2v) is 2.44. The molecule has 2 N–H and O–H groups in total. The van der Waals surface area contributed by atoms with Crippen LogP contribution in [0.5, 0.6) is 0 Å². The third-order valence-electron chi connectivity index (χ3n) is 1.40. The van der Waals surface area contributed by atoms with Crippen LogP contribution >= 0.6 is 0 Å². The summed E-state index contributed by atoms with van der Waals surface area (Å²) < 4.78 is 1.83. The molecule has 0 unspecified atom stereocenters. The average molecular weight is 140 g/mol. The van der Waals surface area contributed by atoms with Gasteiger partial charge in [0.15, 0.2) is 0 Å². The zero-order valence-corrected chi connectivity index (χ0v) is 6.50. The molecule has 56 valence electrons. The SMILES string of the molecule is CN(C)c1ncc(N)n1C. The first kappa shape index (κ1) is 6.92. The van der Waals surface area contributed by atoms with Crippen LogP contribution < -0.4 is 10.6 Å². The van der Waals surface area contributed by atoms with E-state index in [1.54, 1.807) is 6.20 Å². The Morgan fingerprint density at radius 2 is 2.20 bits per heavy atom. The molecule has 0 bridgehead atoms. The van der Waals surface area contributed by atoms with Crippen molar-refractivity contribution in [2.75, 3.05) is 24.7 Å². The number of rotatable bonds is 1. The fourth-order valence-corrected chi connectivity index (χ4v) is 0.828. The summed E-state index contributed by atoms with van der Waals surface area (Å²) in [5.74, 6) is 1.56. The summed E-state index contributed by atoms with van der Waals surface area (Å²) in [4.78, 5) is 5.99. The van der Waals surface area contributed by atoms with Crippen molar-refractivity contribution in [1.82, 2.24) is 9.55 Å². The molecule has 0 aliphatic heterocycles. The Kier molecular flexibility index (Phi) is 1.53. The fraction of sp³-hybridized carbons (Fsp3) is 0.500. The highest BCUT2D eigenvalue weighted by Gasteiger charge is 2.03. The second-order valence-electron chi connectivity index (χ2n) is 2.44. The van der Waals surface area contributed by atoms with Crippen molar-refractivity contribution in [3.63, 3.8) is 0 Å². The van der Waals surface area contributed by atoms with Gasteiger partial charge in [-0.2, -0.15) is 0 Å². The monoisotopic (exact) mass is 140 g/mol. The maximum atomic E-state index is 5.55. The van der Waals surface area contributed by atoms with Gasteiger partial charge in [-0.05, 0) is 0 Å². The molecular formula is C6H12N4. The highest BCUT2D eigenvalue weighted by Crippen LogP contribution is 2.10. The summed E-state index contributed by atoms with van der Waals surface area (Å²) in [6.45, 7) is 0. The topological polar surface area (TPSA) is 47.1 Å². The van der Waals surface area contributed by atoms with E-state index in [0.29, 0.717) is 5.82 Å². The first-order chi connectivity index (χ1) is 4.63. The number of hydrogen-bond acceptors (Lipinski definition) is 3. The van der Waals surface area contributed by atoms with Crippen LogP contribution in [-0.4, -0.2) is 23.6 Å². The second kappa shape index (κ2) is 2.21. The summed E-state index contributed by atoms with van der Waals surface area (Å²) in [5, 5.41) is 0. The summed E-state index contributed by atoms with van der Waals surface area (Å²) >= 11 is 0. The molecule has 0 amide bonds. The molecule has 4 heteroatoms. The number of hydrogen-bond donors (Lipinski definition) is 1. The van der Waals surface area contributed by atoms with E-state index in [4.69, 9.17) is 5.73 Å². The molecule has 1 aromatic heterocycles. The van der Waals surface area contributed by atoms with Crippen molar-refractivity contribution in [3.8, 4) is 0 Å². The lowest BCUT2D eigenvalue weighted by atomic mass is 10.7. The van der Waals surface area contributed by atoms with Crippen molar-refractivity contribution in [2.24, 2.45) is 7.05 Å². The van der Waals surface area contributed by atoms with Crippen LogP contribution in [0.15, 0.2) is 6.20 Å². The Hall–Kier alpha value is -1.19. The first-order valence-electron chi connectivity index (χ1n) is 3.07. The smallest absolute Gasteiger partial charge is 0.206 e. The van der Waals surface area contributed by atoms with Gasteiger partial charge in [-0.15, -0.1) is 0 Å². The Morgan fingerprint density at radius 3 is 2.40 bits per heavy atom. The van der Waals surface area contributed by atoms with Crippen LogP contribution in [0.2, 0.25) is 0 Å². The first-order valence-corrected chi connectivity index (χ1v) is 3.07. The molecule has 0 fully saturated rings. The number of nitrogens with zero attached hydrogens (tertiary/aromatic N) is 3. The Labute approximate surface area is 60.3 Å². The van der Waals surface area contributed by atoms with Crippen molar-refractivity contribution in [2.45, 2.75) is 0 Å². The molecule has 0 saturated carbocycles. The highest BCUT2D eigenvalue weighted by atomic mass is 15.3. The zero-order valence-electron chi connectivity index (χ0n) is 6.50. The fourth-order valence-electron chi connectivity index (χ4n) is 0.828. The van der Waals surface area contributed by atoms with Gasteiger partial charge in [-0.3, -0.25) is 0 Å². The lowest BCUT2D eigenvalue weighted by molar-refractivity contribution is 0.875. The van der Waals surface area contributed by atoms with Crippen LogP contribution in [0.25, 0.3) is 0 Å². The van der Waals surface area contributed by atoms with Crippen LogP contribution in [-0.2, 0) is 7.05 Å². The number of nitrogens with two attached hydrogens (primary N) is 1. The third kappa shape index (κ3) is 0.920. The van der Waals surface area contributed by atoms with Crippen LogP contribution in [0.4, 0.5) is 11.8 Å². The van der Waals surface area contributed by atoms with E-state index in [9.17, 15) is 0 Å². The largest absolute Gasteiger partial charge is 0.384 e. The minimum Gasteiger partial charge on any atom is -0.384 e. The van der Waals surface area contributed by atoms with E-state index in [1.807, 2.05) is 30.6 Å². The van der Waals surface area contributed by atoms with Gasteiger partial charge in [0.1, 0.15) is 5.82 Å². The van der Waals surface area contributed by atoms with Gasteiger partial charge >= 0.3 is 0 Å². The van der Waals surface area contributed by atoms with E-state index < -0.39 is 0 Å². The summed E-state index contributed by atoms with van der Waals surface area (Å²) in [5.41, 5.74) is 5.55. The zero-order chi connectivity index (χ0) is 7.72. The maximum Gasteiger partial charge on any atom is 0.206 e. The molecule has 0 radical (unpaired) electrons. The summed E-state index contributed by atoms with van der Waals surface area (Å²) in [7, 11) is 5.75.